The molecule has 3 rings (SSSR count). The molecule has 0 radical (unpaired) electrons. The summed E-state index contributed by atoms with van der Waals surface area (Å²) in [6.45, 7) is 5.48. The highest BCUT2D eigenvalue weighted by atomic mass is 15.1. The number of rotatable bonds is 3. The van der Waals surface area contributed by atoms with Crippen molar-refractivity contribution in [2.24, 2.45) is 11.7 Å². The molecule has 2 atom stereocenters. The van der Waals surface area contributed by atoms with Gasteiger partial charge in [-0.3, -0.25) is 0 Å². The molecular formula is C19H24N2. The van der Waals surface area contributed by atoms with Crippen LogP contribution < -0.4 is 10.6 Å². The largest absolute Gasteiger partial charge is 0.341 e. The Labute approximate surface area is 127 Å². The number of nitrogens with zero attached hydrogens (tertiary/aromatic N) is 1. The molecule has 2 N–H and O–H groups in total. The van der Waals surface area contributed by atoms with E-state index in [1.165, 1.54) is 28.9 Å². The minimum Gasteiger partial charge on any atom is -0.341 e. The topological polar surface area (TPSA) is 29.3 Å². The van der Waals surface area contributed by atoms with E-state index in [9.17, 15) is 0 Å². The molecule has 2 unspecified atom stereocenters. The zero-order chi connectivity index (χ0) is 14.8. The van der Waals surface area contributed by atoms with Crippen molar-refractivity contribution in [2.75, 3.05) is 11.4 Å². The summed E-state index contributed by atoms with van der Waals surface area (Å²) in [4.78, 5) is 2.47. The molecule has 0 saturated heterocycles. The zero-order valence-corrected chi connectivity index (χ0v) is 12.9. The van der Waals surface area contributed by atoms with E-state index in [-0.39, 0.29) is 6.04 Å². The lowest BCUT2D eigenvalue weighted by Gasteiger charge is -2.36. The predicted octanol–water partition coefficient (Wildman–Crippen LogP) is 3.91. The van der Waals surface area contributed by atoms with E-state index in [1.807, 2.05) is 0 Å². The van der Waals surface area contributed by atoms with Gasteiger partial charge in [-0.25, -0.2) is 0 Å². The Kier molecular flexibility index (Phi) is 3.98. The van der Waals surface area contributed by atoms with E-state index in [0.717, 1.165) is 13.0 Å². The molecule has 0 aromatic heterocycles. The van der Waals surface area contributed by atoms with Crippen LogP contribution in [0.3, 0.4) is 0 Å². The number of anilines is 2. The Morgan fingerprint density at radius 3 is 2.52 bits per heavy atom. The second kappa shape index (κ2) is 5.90. The van der Waals surface area contributed by atoms with Crippen LogP contribution in [-0.4, -0.2) is 12.6 Å². The first-order valence-electron chi connectivity index (χ1n) is 7.84. The molecule has 2 aromatic carbocycles. The lowest BCUT2D eigenvalue weighted by Crippen LogP contribution is -2.31. The molecule has 2 nitrogen and oxygen atoms in total. The first kappa shape index (κ1) is 14.2. The van der Waals surface area contributed by atoms with Gasteiger partial charge in [0.25, 0.3) is 0 Å². The van der Waals surface area contributed by atoms with Crippen molar-refractivity contribution in [3.8, 4) is 0 Å². The van der Waals surface area contributed by atoms with Crippen LogP contribution in [0.4, 0.5) is 11.4 Å². The van der Waals surface area contributed by atoms with Gasteiger partial charge in [-0.05, 0) is 48.9 Å². The lowest BCUT2D eigenvalue weighted by molar-refractivity contribution is 0.561. The molecule has 110 valence electrons. The zero-order valence-electron chi connectivity index (χ0n) is 12.9. The van der Waals surface area contributed by atoms with Crippen molar-refractivity contribution in [3.63, 3.8) is 0 Å². The van der Waals surface area contributed by atoms with Gasteiger partial charge in [0.15, 0.2) is 0 Å². The maximum Gasteiger partial charge on any atom is 0.0444 e. The van der Waals surface area contributed by atoms with Gasteiger partial charge in [0, 0.05) is 24.0 Å². The van der Waals surface area contributed by atoms with Gasteiger partial charge >= 0.3 is 0 Å². The minimum atomic E-state index is 0.184. The van der Waals surface area contributed by atoms with E-state index in [1.54, 1.807) is 0 Å². The van der Waals surface area contributed by atoms with Crippen molar-refractivity contribution in [1.82, 2.24) is 0 Å². The highest BCUT2D eigenvalue weighted by Gasteiger charge is 2.23. The molecule has 0 amide bonds. The van der Waals surface area contributed by atoms with E-state index in [2.05, 4.69) is 67.3 Å². The predicted molar refractivity (Wildman–Crippen MR) is 90.1 cm³/mol. The normalized spacial score (nSPS) is 19.2. The number of nitrogens with two attached hydrogens (primary N) is 1. The quantitative estimate of drug-likeness (QED) is 0.923. The summed E-state index contributed by atoms with van der Waals surface area (Å²) in [5, 5.41) is 0. The van der Waals surface area contributed by atoms with Crippen molar-refractivity contribution >= 4 is 11.4 Å². The maximum absolute atomic E-state index is 6.03. The first-order valence-corrected chi connectivity index (χ1v) is 7.84. The van der Waals surface area contributed by atoms with E-state index >= 15 is 0 Å². The molecule has 1 aliphatic heterocycles. The molecule has 0 saturated carbocycles. The fraction of sp³-hybridized carbons (Fsp3) is 0.368. The van der Waals surface area contributed by atoms with Gasteiger partial charge < -0.3 is 10.6 Å². The molecule has 0 spiro atoms. The Morgan fingerprint density at radius 1 is 1.10 bits per heavy atom. The van der Waals surface area contributed by atoms with E-state index in [0.29, 0.717) is 5.92 Å². The summed E-state index contributed by atoms with van der Waals surface area (Å²) < 4.78 is 0. The van der Waals surface area contributed by atoms with Crippen LogP contribution in [0.1, 0.15) is 25.0 Å². The monoisotopic (exact) mass is 280 g/mol. The van der Waals surface area contributed by atoms with Crippen molar-refractivity contribution in [1.29, 1.82) is 0 Å². The number of hydrogen-bond acceptors (Lipinski definition) is 2. The van der Waals surface area contributed by atoms with Crippen molar-refractivity contribution in [2.45, 2.75) is 32.7 Å². The van der Waals surface area contributed by atoms with Gasteiger partial charge in [-0.2, -0.15) is 0 Å². The molecule has 1 aliphatic rings. The third kappa shape index (κ3) is 2.96. The van der Waals surface area contributed by atoms with Crippen molar-refractivity contribution < 1.29 is 0 Å². The van der Waals surface area contributed by atoms with Crippen LogP contribution in [0, 0.1) is 5.92 Å². The summed E-state index contributed by atoms with van der Waals surface area (Å²) in [7, 11) is 0. The van der Waals surface area contributed by atoms with Gasteiger partial charge in [-0.1, -0.05) is 43.3 Å². The number of fused-ring (bicyclic) bond motifs is 1. The van der Waals surface area contributed by atoms with Gasteiger partial charge in [0.05, 0.1) is 0 Å². The molecule has 21 heavy (non-hydrogen) atoms. The van der Waals surface area contributed by atoms with Crippen LogP contribution in [0.5, 0.6) is 0 Å². The highest BCUT2D eigenvalue weighted by Crippen LogP contribution is 2.37. The molecular weight excluding hydrogens is 256 g/mol. The smallest absolute Gasteiger partial charge is 0.0444 e. The minimum absolute atomic E-state index is 0.184. The van der Waals surface area contributed by atoms with Crippen LogP contribution in [0.15, 0.2) is 48.5 Å². The molecule has 2 heteroatoms. The lowest BCUT2D eigenvalue weighted by atomic mass is 9.92. The van der Waals surface area contributed by atoms with E-state index < -0.39 is 0 Å². The Bertz CT molecular complexity index is 618. The fourth-order valence-corrected chi connectivity index (χ4v) is 3.32. The maximum atomic E-state index is 6.03. The van der Waals surface area contributed by atoms with Crippen LogP contribution in [-0.2, 0) is 12.8 Å². The molecule has 0 aliphatic carbocycles. The standard InChI is InChI=1S/C19H24N2/c1-14-11-16-7-3-5-9-18(16)21(13-14)19-10-6-4-8-17(19)12-15(2)20/h3-10,14-15H,11-13,20H2,1-2H3. The van der Waals surface area contributed by atoms with Gasteiger partial charge in [0.2, 0.25) is 0 Å². The Morgan fingerprint density at radius 2 is 1.76 bits per heavy atom. The third-order valence-corrected chi connectivity index (χ3v) is 4.17. The average molecular weight is 280 g/mol. The fourth-order valence-electron chi connectivity index (χ4n) is 3.32. The second-order valence-electron chi connectivity index (χ2n) is 6.36. The van der Waals surface area contributed by atoms with Crippen LogP contribution in [0.2, 0.25) is 0 Å². The Hall–Kier alpha value is -1.80. The Balaban J connectivity index is 2.05. The summed E-state index contributed by atoms with van der Waals surface area (Å²) in [6.07, 6.45) is 2.09. The SMILES string of the molecule is CC(N)Cc1ccccc1N1CC(C)Cc2ccccc21. The molecule has 2 aromatic rings. The van der Waals surface area contributed by atoms with Crippen LogP contribution >= 0.6 is 0 Å². The summed E-state index contributed by atoms with van der Waals surface area (Å²) >= 11 is 0. The molecule has 0 fully saturated rings. The first-order chi connectivity index (χ1) is 10.1. The van der Waals surface area contributed by atoms with E-state index in [4.69, 9.17) is 5.73 Å². The summed E-state index contributed by atoms with van der Waals surface area (Å²) in [5.41, 5.74) is 11.5. The average Bonchev–Trinajstić information content (AvgIpc) is 2.46. The molecule has 1 heterocycles. The number of para-hydroxylation sites is 2. The second-order valence-corrected chi connectivity index (χ2v) is 6.36. The summed E-state index contributed by atoms with van der Waals surface area (Å²) in [5.74, 6) is 0.670. The molecule has 0 bridgehead atoms. The third-order valence-electron chi connectivity index (χ3n) is 4.17. The highest BCUT2D eigenvalue weighted by molar-refractivity contribution is 5.70. The number of benzene rings is 2. The summed E-state index contributed by atoms with van der Waals surface area (Å²) in [6, 6.07) is 17.6. The number of hydrogen-bond donors (Lipinski definition) is 1. The van der Waals surface area contributed by atoms with Crippen LogP contribution in [0.25, 0.3) is 0 Å². The van der Waals surface area contributed by atoms with Gasteiger partial charge in [-0.15, -0.1) is 0 Å². The van der Waals surface area contributed by atoms with Crippen molar-refractivity contribution in [3.05, 3.63) is 59.7 Å². The van der Waals surface area contributed by atoms with Gasteiger partial charge in [0.1, 0.15) is 0 Å².